The van der Waals surface area contributed by atoms with Crippen LogP contribution in [0.2, 0.25) is 0 Å². The van der Waals surface area contributed by atoms with Gasteiger partial charge in [0.05, 0.1) is 0 Å². The lowest BCUT2D eigenvalue weighted by Gasteiger charge is -2.25. The summed E-state index contributed by atoms with van der Waals surface area (Å²) in [6, 6.07) is 0. The normalized spacial score (nSPS) is 23.8. The first-order chi connectivity index (χ1) is 4.84. The van der Waals surface area contributed by atoms with Crippen molar-refractivity contribution in [2.24, 2.45) is 5.73 Å². The minimum absolute atomic E-state index is 0.492. The fraction of sp³-hybridized carbons (Fsp3) is 0.429. The van der Waals surface area contributed by atoms with Crippen molar-refractivity contribution in [3.63, 3.8) is 0 Å². The molecule has 3 nitrogen and oxygen atoms in total. The van der Waals surface area contributed by atoms with Crippen LogP contribution in [0, 0.1) is 0 Å². The standard InChI is InChI=1S/C7H12N2O/c8-4-6-9-5-2-1-3-7(9)10/h1-3,5,7,10H,4,6,8H2. The van der Waals surface area contributed by atoms with Gasteiger partial charge in [0, 0.05) is 19.3 Å². The van der Waals surface area contributed by atoms with Crippen molar-refractivity contribution in [3.8, 4) is 0 Å². The van der Waals surface area contributed by atoms with Gasteiger partial charge in [-0.1, -0.05) is 6.08 Å². The Morgan fingerprint density at radius 2 is 2.30 bits per heavy atom. The summed E-state index contributed by atoms with van der Waals surface area (Å²) in [6.07, 6.45) is 6.75. The summed E-state index contributed by atoms with van der Waals surface area (Å²) in [6.45, 7) is 1.26. The van der Waals surface area contributed by atoms with Gasteiger partial charge >= 0.3 is 0 Å². The lowest BCUT2D eigenvalue weighted by atomic mass is 10.3. The Hall–Kier alpha value is -0.800. The van der Waals surface area contributed by atoms with Gasteiger partial charge in [-0.25, -0.2) is 0 Å². The van der Waals surface area contributed by atoms with Gasteiger partial charge < -0.3 is 15.7 Å². The summed E-state index contributed by atoms with van der Waals surface area (Å²) in [5.74, 6) is 0. The molecular formula is C7H12N2O. The van der Waals surface area contributed by atoms with Gasteiger partial charge in [-0.2, -0.15) is 0 Å². The third-order valence-corrected chi connectivity index (χ3v) is 1.40. The van der Waals surface area contributed by atoms with Crippen LogP contribution in [0.1, 0.15) is 0 Å². The highest BCUT2D eigenvalue weighted by molar-refractivity contribution is 5.10. The number of nitrogens with zero attached hydrogens (tertiary/aromatic N) is 1. The van der Waals surface area contributed by atoms with Crippen LogP contribution in [0.4, 0.5) is 0 Å². The van der Waals surface area contributed by atoms with E-state index in [-0.39, 0.29) is 0 Å². The minimum Gasteiger partial charge on any atom is -0.370 e. The van der Waals surface area contributed by atoms with Gasteiger partial charge in [-0.05, 0) is 12.2 Å². The van der Waals surface area contributed by atoms with Crippen LogP contribution in [-0.2, 0) is 0 Å². The lowest BCUT2D eigenvalue weighted by Crippen LogP contribution is -2.34. The molecule has 1 aliphatic heterocycles. The molecule has 1 unspecified atom stereocenters. The van der Waals surface area contributed by atoms with Crippen LogP contribution in [0.3, 0.4) is 0 Å². The summed E-state index contributed by atoms with van der Waals surface area (Å²) >= 11 is 0. The summed E-state index contributed by atoms with van der Waals surface area (Å²) in [4.78, 5) is 1.78. The average Bonchev–Trinajstić information content (AvgIpc) is 1.94. The van der Waals surface area contributed by atoms with Gasteiger partial charge in [0.1, 0.15) is 6.23 Å². The molecule has 1 aliphatic rings. The molecule has 56 valence electrons. The van der Waals surface area contributed by atoms with Gasteiger partial charge in [0.2, 0.25) is 0 Å². The van der Waals surface area contributed by atoms with E-state index in [4.69, 9.17) is 5.73 Å². The highest BCUT2D eigenvalue weighted by Crippen LogP contribution is 2.03. The van der Waals surface area contributed by atoms with E-state index < -0.39 is 6.23 Å². The molecule has 0 aromatic carbocycles. The SMILES string of the molecule is NCCN1C=CC=CC1O. The van der Waals surface area contributed by atoms with Crippen LogP contribution in [0.5, 0.6) is 0 Å². The van der Waals surface area contributed by atoms with E-state index in [1.54, 1.807) is 11.0 Å². The third kappa shape index (κ3) is 1.59. The molecule has 0 aromatic rings. The second-order valence-corrected chi connectivity index (χ2v) is 2.17. The van der Waals surface area contributed by atoms with Gasteiger partial charge in [-0.3, -0.25) is 0 Å². The fourth-order valence-electron chi connectivity index (χ4n) is 0.878. The second-order valence-electron chi connectivity index (χ2n) is 2.17. The quantitative estimate of drug-likeness (QED) is 0.551. The van der Waals surface area contributed by atoms with Crippen LogP contribution in [-0.4, -0.2) is 29.3 Å². The Balaban J connectivity index is 2.44. The molecule has 0 saturated carbocycles. The van der Waals surface area contributed by atoms with Crippen LogP contribution < -0.4 is 5.73 Å². The van der Waals surface area contributed by atoms with Gasteiger partial charge in [0.15, 0.2) is 0 Å². The third-order valence-electron chi connectivity index (χ3n) is 1.40. The number of rotatable bonds is 2. The average molecular weight is 140 g/mol. The van der Waals surface area contributed by atoms with E-state index in [1.165, 1.54) is 0 Å². The van der Waals surface area contributed by atoms with Gasteiger partial charge in [-0.15, -0.1) is 0 Å². The van der Waals surface area contributed by atoms with Crippen molar-refractivity contribution < 1.29 is 5.11 Å². The fourth-order valence-corrected chi connectivity index (χ4v) is 0.878. The number of hydrogen-bond acceptors (Lipinski definition) is 3. The van der Waals surface area contributed by atoms with E-state index in [0.29, 0.717) is 13.1 Å². The molecule has 0 saturated heterocycles. The zero-order chi connectivity index (χ0) is 7.40. The van der Waals surface area contributed by atoms with Crippen LogP contribution in [0.25, 0.3) is 0 Å². The van der Waals surface area contributed by atoms with E-state index in [1.807, 2.05) is 18.4 Å². The van der Waals surface area contributed by atoms with E-state index >= 15 is 0 Å². The molecular weight excluding hydrogens is 128 g/mol. The molecule has 0 spiro atoms. The van der Waals surface area contributed by atoms with Crippen LogP contribution in [0.15, 0.2) is 24.4 Å². The summed E-state index contributed by atoms with van der Waals surface area (Å²) < 4.78 is 0. The molecule has 3 N–H and O–H groups in total. The predicted octanol–water partition coefficient (Wildman–Crippen LogP) is -0.351. The monoisotopic (exact) mass is 140 g/mol. The zero-order valence-corrected chi connectivity index (χ0v) is 5.77. The van der Waals surface area contributed by atoms with E-state index in [2.05, 4.69) is 0 Å². The summed E-state index contributed by atoms with van der Waals surface area (Å²) in [5, 5.41) is 9.23. The largest absolute Gasteiger partial charge is 0.370 e. The number of allylic oxidation sites excluding steroid dienone is 2. The Bertz CT molecular complexity index is 154. The van der Waals surface area contributed by atoms with E-state index in [9.17, 15) is 5.11 Å². The van der Waals surface area contributed by atoms with E-state index in [0.717, 1.165) is 0 Å². The predicted molar refractivity (Wildman–Crippen MR) is 40.0 cm³/mol. The molecule has 3 heteroatoms. The number of aliphatic hydroxyl groups excluding tert-OH is 1. The van der Waals surface area contributed by atoms with Gasteiger partial charge in [0.25, 0.3) is 0 Å². The molecule has 1 atom stereocenters. The summed E-state index contributed by atoms with van der Waals surface area (Å²) in [7, 11) is 0. The molecule has 0 aromatic heterocycles. The molecule has 1 rings (SSSR count). The Morgan fingerprint density at radius 3 is 2.90 bits per heavy atom. The molecule has 0 fully saturated rings. The Labute approximate surface area is 60.4 Å². The molecule has 0 amide bonds. The van der Waals surface area contributed by atoms with Crippen molar-refractivity contribution in [3.05, 3.63) is 24.4 Å². The van der Waals surface area contributed by atoms with Crippen molar-refractivity contribution in [1.29, 1.82) is 0 Å². The van der Waals surface area contributed by atoms with Crippen molar-refractivity contribution in [2.75, 3.05) is 13.1 Å². The first-order valence-corrected chi connectivity index (χ1v) is 3.33. The maximum Gasteiger partial charge on any atom is 0.146 e. The topological polar surface area (TPSA) is 49.5 Å². The van der Waals surface area contributed by atoms with Crippen LogP contribution >= 0.6 is 0 Å². The molecule has 0 aliphatic carbocycles. The van der Waals surface area contributed by atoms with Crippen molar-refractivity contribution in [2.45, 2.75) is 6.23 Å². The Kier molecular flexibility index (Phi) is 2.48. The zero-order valence-electron chi connectivity index (χ0n) is 5.77. The van der Waals surface area contributed by atoms with Crippen molar-refractivity contribution >= 4 is 0 Å². The minimum atomic E-state index is -0.492. The molecule has 1 heterocycles. The highest BCUT2D eigenvalue weighted by atomic mass is 16.3. The number of aliphatic hydroxyl groups is 1. The molecule has 10 heavy (non-hydrogen) atoms. The Morgan fingerprint density at radius 1 is 1.50 bits per heavy atom. The number of nitrogens with two attached hydrogens (primary N) is 1. The first-order valence-electron chi connectivity index (χ1n) is 3.33. The summed E-state index contributed by atoms with van der Waals surface area (Å²) in [5.41, 5.74) is 5.31. The maximum atomic E-state index is 9.23. The number of hydrogen-bond donors (Lipinski definition) is 2. The van der Waals surface area contributed by atoms with Crippen molar-refractivity contribution in [1.82, 2.24) is 4.90 Å². The maximum absolute atomic E-state index is 9.23. The molecule has 0 radical (unpaired) electrons. The smallest absolute Gasteiger partial charge is 0.146 e. The molecule has 0 bridgehead atoms. The first kappa shape index (κ1) is 7.31. The lowest BCUT2D eigenvalue weighted by molar-refractivity contribution is 0.0799. The highest BCUT2D eigenvalue weighted by Gasteiger charge is 2.07. The second kappa shape index (κ2) is 3.39.